The molecule has 1 fully saturated rings. The molecule has 2 aromatic heterocycles. The van der Waals surface area contributed by atoms with Gasteiger partial charge in [-0.1, -0.05) is 0 Å². The minimum atomic E-state index is -4.64. The van der Waals surface area contributed by atoms with Gasteiger partial charge in [0.1, 0.15) is 5.52 Å². The number of nitrogens with one attached hydrogen (secondary N) is 1. The lowest BCUT2D eigenvalue weighted by Gasteiger charge is -2.22. The monoisotopic (exact) mass is 394 g/mol. The number of aromatic nitrogens is 3. The Morgan fingerprint density at radius 2 is 1.89 bits per heavy atom. The number of alkyl halides is 3. The average Bonchev–Trinajstić information content (AvgIpc) is 3.09. The number of hydrogen-bond donors (Lipinski definition) is 1. The molecule has 1 N–H and O–H groups in total. The maximum atomic E-state index is 14.5. The van der Waals surface area contributed by atoms with E-state index in [2.05, 4.69) is 10.4 Å². The number of pyridine rings is 1. The molecule has 4 rings (SSSR count). The molecule has 1 aliphatic rings. The molecule has 0 spiro atoms. The third kappa shape index (κ3) is 3.19. The second-order valence-corrected chi connectivity index (χ2v) is 6.98. The number of fused-ring (bicyclic) bond motifs is 1. The molecule has 0 radical (unpaired) electrons. The molecule has 0 saturated carbocycles. The van der Waals surface area contributed by atoms with Crippen LogP contribution in [0.25, 0.3) is 22.0 Å². The van der Waals surface area contributed by atoms with Crippen LogP contribution in [0, 0.1) is 5.95 Å². The van der Waals surface area contributed by atoms with Gasteiger partial charge in [0, 0.05) is 30.3 Å². The van der Waals surface area contributed by atoms with Gasteiger partial charge in [-0.15, -0.1) is 0 Å². The summed E-state index contributed by atoms with van der Waals surface area (Å²) in [6, 6.07) is 4.74. The molecular weight excluding hydrogens is 376 g/mol. The van der Waals surface area contributed by atoms with Crippen LogP contribution in [0.1, 0.15) is 24.4 Å². The van der Waals surface area contributed by atoms with Crippen LogP contribution in [0.5, 0.6) is 0 Å². The van der Waals surface area contributed by atoms with E-state index in [4.69, 9.17) is 0 Å². The van der Waals surface area contributed by atoms with Crippen molar-refractivity contribution in [1.29, 1.82) is 0 Å². The van der Waals surface area contributed by atoms with Crippen molar-refractivity contribution in [2.45, 2.75) is 25.1 Å². The van der Waals surface area contributed by atoms with Gasteiger partial charge in [0.05, 0.1) is 11.6 Å². The topological polar surface area (TPSA) is 51.9 Å². The molecule has 1 aliphatic heterocycles. The lowest BCUT2D eigenvalue weighted by Crippen LogP contribution is -2.29. The Hall–Kier alpha value is -2.68. The molecule has 3 heterocycles. The van der Waals surface area contributed by atoms with Crippen molar-refractivity contribution in [2.24, 2.45) is 7.05 Å². The Labute approximate surface area is 157 Å². The van der Waals surface area contributed by atoms with Crippen LogP contribution >= 0.6 is 0 Å². The SMILES string of the molecule is Cn1c(F)c(-c2cc(C(F)(F)F)c3nn(C4CCNCC4)cc3c2)ccc1=O. The van der Waals surface area contributed by atoms with Gasteiger partial charge in [0.15, 0.2) is 0 Å². The predicted octanol–water partition coefficient (Wildman–Crippen LogP) is 3.48. The highest BCUT2D eigenvalue weighted by molar-refractivity contribution is 5.87. The first-order chi connectivity index (χ1) is 13.3. The van der Waals surface area contributed by atoms with E-state index in [0.717, 1.165) is 42.6 Å². The molecule has 3 aromatic rings. The summed E-state index contributed by atoms with van der Waals surface area (Å²) in [4.78, 5) is 11.6. The van der Waals surface area contributed by atoms with Gasteiger partial charge in [-0.3, -0.25) is 14.0 Å². The van der Waals surface area contributed by atoms with Crippen LogP contribution in [0.3, 0.4) is 0 Å². The van der Waals surface area contributed by atoms with Crippen molar-refractivity contribution < 1.29 is 17.6 Å². The molecule has 0 aliphatic carbocycles. The quantitative estimate of drug-likeness (QED) is 0.535. The maximum absolute atomic E-state index is 14.5. The zero-order chi connectivity index (χ0) is 20.1. The van der Waals surface area contributed by atoms with Gasteiger partial charge < -0.3 is 5.32 Å². The number of piperidine rings is 1. The van der Waals surface area contributed by atoms with E-state index in [1.54, 1.807) is 10.9 Å². The smallest absolute Gasteiger partial charge is 0.317 e. The Balaban J connectivity index is 1.92. The van der Waals surface area contributed by atoms with E-state index in [-0.39, 0.29) is 28.1 Å². The third-order valence-electron chi connectivity index (χ3n) is 5.17. The molecule has 0 bridgehead atoms. The zero-order valence-corrected chi connectivity index (χ0v) is 15.1. The van der Waals surface area contributed by atoms with E-state index >= 15 is 0 Å². The van der Waals surface area contributed by atoms with E-state index in [1.807, 2.05) is 0 Å². The zero-order valence-electron chi connectivity index (χ0n) is 15.1. The van der Waals surface area contributed by atoms with Gasteiger partial charge in [-0.25, -0.2) is 0 Å². The van der Waals surface area contributed by atoms with Crippen LogP contribution in [-0.4, -0.2) is 27.4 Å². The summed E-state index contributed by atoms with van der Waals surface area (Å²) in [5, 5.41) is 7.71. The molecule has 5 nitrogen and oxygen atoms in total. The summed E-state index contributed by atoms with van der Waals surface area (Å²) in [5.74, 6) is -0.884. The predicted molar refractivity (Wildman–Crippen MR) is 96.5 cm³/mol. The van der Waals surface area contributed by atoms with E-state index in [9.17, 15) is 22.4 Å². The number of hydrogen-bond acceptors (Lipinski definition) is 3. The van der Waals surface area contributed by atoms with Gasteiger partial charge in [-0.05, 0) is 49.7 Å². The standard InChI is InChI=1S/C19H18F4N4O/c1-26-16(28)3-2-14(18(26)20)11-8-12-10-27(13-4-6-24-7-5-13)25-17(12)15(9-11)19(21,22)23/h2-3,8-10,13,24H,4-7H2,1H3. The number of nitrogens with zero attached hydrogens (tertiary/aromatic N) is 3. The van der Waals surface area contributed by atoms with Gasteiger partial charge in [-0.2, -0.15) is 22.7 Å². The molecule has 9 heteroatoms. The van der Waals surface area contributed by atoms with Crippen molar-refractivity contribution in [3.05, 3.63) is 52.3 Å². The normalized spacial score (nSPS) is 16.0. The Bertz CT molecular complexity index is 1090. The first-order valence-electron chi connectivity index (χ1n) is 8.92. The summed E-state index contributed by atoms with van der Waals surface area (Å²) in [5.41, 5.74) is -1.65. The van der Waals surface area contributed by atoms with Gasteiger partial charge >= 0.3 is 6.18 Å². The van der Waals surface area contributed by atoms with Gasteiger partial charge in [0.2, 0.25) is 5.95 Å². The van der Waals surface area contributed by atoms with Crippen molar-refractivity contribution in [2.75, 3.05) is 13.1 Å². The second kappa shape index (κ2) is 6.73. The molecule has 0 amide bonds. The lowest BCUT2D eigenvalue weighted by molar-refractivity contribution is -0.136. The van der Waals surface area contributed by atoms with E-state index in [1.165, 1.54) is 19.2 Å². The van der Waals surface area contributed by atoms with E-state index < -0.39 is 23.2 Å². The fraction of sp³-hybridized carbons (Fsp3) is 0.368. The highest BCUT2D eigenvalue weighted by Gasteiger charge is 2.35. The van der Waals surface area contributed by atoms with Crippen molar-refractivity contribution >= 4 is 10.9 Å². The van der Waals surface area contributed by atoms with Crippen molar-refractivity contribution in [3.63, 3.8) is 0 Å². The molecule has 148 valence electrons. The minimum absolute atomic E-state index is 0.0208. The van der Waals surface area contributed by atoms with Crippen LogP contribution in [0.2, 0.25) is 0 Å². The molecule has 28 heavy (non-hydrogen) atoms. The molecular formula is C19H18F4N4O. The highest BCUT2D eigenvalue weighted by Crippen LogP contribution is 2.38. The fourth-order valence-corrected chi connectivity index (χ4v) is 3.61. The van der Waals surface area contributed by atoms with Crippen LogP contribution in [0.4, 0.5) is 17.6 Å². The number of benzene rings is 1. The third-order valence-corrected chi connectivity index (χ3v) is 5.17. The first-order valence-corrected chi connectivity index (χ1v) is 8.92. The van der Waals surface area contributed by atoms with Crippen molar-refractivity contribution in [1.82, 2.24) is 19.7 Å². The molecule has 1 aromatic carbocycles. The molecule has 0 atom stereocenters. The lowest BCUT2D eigenvalue weighted by atomic mass is 10.0. The summed E-state index contributed by atoms with van der Waals surface area (Å²) in [7, 11) is 1.24. The Morgan fingerprint density at radius 3 is 2.57 bits per heavy atom. The number of halogens is 4. The molecule has 0 unspecified atom stereocenters. The van der Waals surface area contributed by atoms with Crippen LogP contribution < -0.4 is 10.9 Å². The average molecular weight is 394 g/mol. The van der Waals surface area contributed by atoms with Gasteiger partial charge in [0.25, 0.3) is 5.56 Å². The van der Waals surface area contributed by atoms with Crippen molar-refractivity contribution in [3.8, 4) is 11.1 Å². The Kier molecular flexibility index (Phi) is 4.49. The first kappa shape index (κ1) is 18.7. The highest BCUT2D eigenvalue weighted by atomic mass is 19.4. The Morgan fingerprint density at radius 1 is 1.18 bits per heavy atom. The fourth-order valence-electron chi connectivity index (χ4n) is 3.61. The largest absolute Gasteiger partial charge is 0.418 e. The second-order valence-electron chi connectivity index (χ2n) is 6.98. The minimum Gasteiger partial charge on any atom is -0.317 e. The van der Waals surface area contributed by atoms with Crippen LogP contribution in [0.15, 0.2) is 35.3 Å². The summed E-state index contributed by atoms with van der Waals surface area (Å²) in [6.45, 7) is 1.56. The number of rotatable bonds is 2. The summed E-state index contributed by atoms with van der Waals surface area (Å²) < 4.78 is 58.0. The maximum Gasteiger partial charge on any atom is 0.418 e. The summed E-state index contributed by atoms with van der Waals surface area (Å²) in [6.07, 6.45) is -1.50. The van der Waals surface area contributed by atoms with E-state index in [0.29, 0.717) is 0 Å². The summed E-state index contributed by atoms with van der Waals surface area (Å²) >= 11 is 0. The molecule has 1 saturated heterocycles. The van der Waals surface area contributed by atoms with Crippen LogP contribution in [-0.2, 0) is 13.2 Å².